The van der Waals surface area contributed by atoms with Gasteiger partial charge in [-0.3, -0.25) is 15.6 Å². The molecule has 3 N–H and O–H groups in total. The van der Waals surface area contributed by atoms with Crippen molar-refractivity contribution in [1.29, 1.82) is 0 Å². The SMILES string of the molecule is CCNC(=S)NNC(=O)COc1ccc2oc(-c3ccccc3)c(C(=O)OCC)c2c1. The van der Waals surface area contributed by atoms with E-state index in [1.807, 2.05) is 37.3 Å². The Balaban J connectivity index is 1.82. The summed E-state index contributed by atoms with van der Waals surface area (Å²) < 4.78 is 16.8. The van der Waals surface area contributed by atoms with Crippen LogP contribution in [0, 0.1) is 0 Å². The molecule has 162 valence electrons. The highest BCUT2D eigenvalue weighted by Crippen LogP contribution is 2.36. The molecule has 0 saturated heterocycles. The fourth-order valence-electron chi connectivity index (χ4n) is 2.88. The average Bonchev–Trinajstić information content (AvgIpc) is 3.16. The molecule has 0 aliphatic heterocycles. The van der Waals surface area contributed by atoms with E-state index in [9.17, 15) is 9.59 Å². The van der Waals surface area contributed by atoms with Gasteiger partial charge in [-0.25, -0.2) is 4.79 Å². The van der Waals surface area contributed by atoms with Crippen LogP contribution in [0.15, 0.2) is 52.9 Å². The van der Waals surface area contributed by atoms with Gasteiger partial charge in [0.1, 0.15) is 22.7 Å². The summed E-state index contributed by atoms with van der Waals surface area (Å²) in [5, 5.41) is 3.70. The first kappa shape index (κ1) is 22.1. The molecule has 0 unspecified atom stereocenters. The fourth-order valence-corrected chi connectivity index (χ4v) is 3.08. The topological polar surface area (TPSA) is 102 Å². The van der Waals surface area contributed by atoms with E-state index in [0.717, 1.165) is 5.56 Å². The number of hydrogen-bond acceptors (Lipinski definition) is 6. The minimum atomic E-state index is -0.490. The van der Waals surface area contributed by atoms with Gasteiger partial charge in [0.2, 0.25) is 0 Å². The van der Waals surface area contributed by atoms with E-state index in [1.165, 1.54) is 0 Å². The lowest BCUT2D eigenvalue weighted by Crippen LogP contribution is -2.48. The number of amides is 1. The van der Waals surface area contributed by atoms with E-state index < -0.39 is 11.9 Å². The van der Waals surface area contributed by atoms with Crippen molar-refractivity contribution in [2.24, 2.45) is 0 Å². The lowest BCUT2D eigenvalue weighted by molar-refractivity contribution is -0.123. The standard InChI is InChI=1S/C22H23N3O5S/c1-3-23-22(31)25-24-18(26)13-29-15-10-11-17-16(12-15)19(21(27)28-4-2)20(30-17)14-8-6-5-7-9-14/h5-12H,3-4,13H2,1-2H3,(H,24,26)(H2,23,25,31). The first-order valence-electron chi connectivity index (χ1n) is 9.78. The van der Waals surface area contributed by atoms with Crippen LogP contribution in [0.5, 0.6) is 5.75 Å². The van der Waals surface area contributed by atoms with Crippen molar-refractivity contribution in [3.8, 4) is 17.1 Å². The third-order valence-electron chi connectivity index (χ3n) is 4.20. The van der Waals surface area contributed by atoms with Gasteiger partial charge in [-0.15, -0.1) is 0 Å². The first-order chi connectivity index (χ1) is 15.0. The first-order valence-corrected chi connectivity index (χ1v) is 10.2. The second-order valence-electron chi connectivity index (χ2n) is 6.37. The maximum atomic E-state index is 12.7. The third kappa shape index (κ3) is 5.52. The molecular formula is C22H23N3O5S. The number of hydrogen-bond donors (Lipinski definition) is 3. The van der Waals surface area contributed by atoms with Crippen LogP contribution in [0.1, 0.15) is 24.2 Å². The van der Waals surface area contributed by atoms with Crippen molar-refractivity contribution in [3.05, 3.63) is 54.1 Å². The highest BCUT2D eigenvalue weighted by Gasteiger charge is 2.23. The van der Waals surface area contributed by atoms with Crippen LogP contribution < -0.4 is 20.9 Å². The molecule has 31 heavy (non-hydrogen) atoms. The van der Waals surface area contributed by atoms with E-state index in [4.69, 9.17) is 26.1 Å². The maximum absolute atomic E-state index is 12.7. The van der Waals surface area contributed by atoms with E-state index in [1.54, 1.807) is 25.1 Å². The summed E-state index contributed by atoms with van der Waals surface area (Å²) in [5.74, 6) is -0.0767. The summed E-state index contributed by atoms with van der Waals surface area (Å²) in [6.07, 6.45) is 0. The number of benzene rings is 2. The summed E-state index contributed by atoms with van der Waals surface area (Å²) in [6.45, 7) is 4.25. The van der Waals surface area contributed by atoms with E-state index in [0.29, 0.717) is 39.7 Å². The molecule has 0 fully saturated rings. The van der Waals surface area contributed by atoms with Crippen LogP contribution >= 0.6 is 12.2 Å². The molecule has 1 heterocycles. The molecule has 1 amide bonds. The summed E-state index contributed by atoms with van der Waals surface area (Å²) in [5.41, 5.74) is 6.59. The summed E-state index contributed by atoms with van der Waals surface area (Å²) >= 11 is 4.97. The molecule has 0 saturated carbocycles. The van der Waals surface area contributed by atoms with Crippen LogP contribution in [0.2, 0.25) is 0 Å². The average molecular weight is 442 g/mol. The predicted octanol–water partition coefficient (Wildman–Crippen LogP) is 3.17. The molecule has 0 aliphatic rings. The van der Waals surface area contributed by atoms with Gasteiger partial charge in [0.05, 0.1) is 6.61 Å². The number of nitrogens with one attached hydrogen (secondary N) is 3. The van der Waals surface area contributed by atoms with Gasteiger partial charge in [-0.2, -0.15) is 0 Å². The number of furan rings is 1. The van der Waals surface area contributed by atoms with Gasteiger partial charge >= 0.3 is 5.97 Å². The van der Waals surface area contributed by atoms with E-state index in [2.05, 4.69) is 16.2 Å². The number of rotatable bonds is 7. The van der Waals surface area contributed by atoms with Crippen molar-refractivity contribution >= 4 is 40.2 Å². The van der Waals surface area contributed by atoms with E-state index in [-0.39, 0.29) is 13.2 Å². The number of thiocarbonyl (C=S) groups is 1. The van der Waals surface area contributed by atoms with Crippen LogP contribution in [-0.4, -0.2) is 36.7 Å². The minimum Gasteiger partial charge on any atom is -0.484 e. The quantitative estimate of drug-likeness (QED) is 0.292. The third-order valence-corrected chi connectivity index (χ3v) is 4.44. The molecule has 0 radical (unpaired) electrons. The molecule has 0 spiro atoms. The number of fused-ring (bicyclic) bond motifs is 1. The Morgan fingerprint density at radius 1 is 1.06 bits per heavy atom. The molecule has 8 nitrogen and oxygen atoms in total. The van der Waals surface area contributed by atoms with Gasteiger partial charge in [-0.05, 0) is 44.3 Å². The molecule has 2 aromatic carbocycles. The fraction of sp³-hybridized carbons (Fsp3) is 0.227. The Labute approximate surface area is 184 Å². The Hall–Kier alpha value is -3.59. The van der Waals surface area contributed by atoms with Crippen LogP contribution in [0.25, 0.3) is 22.3 Å². The molecule has 0 atom stereocenters. The summed E-state index contributed by atoms with van der Waals surface area (Å²) in [6, 6.07) is 14.3. The van der Waals surface area contributed by atoms with Crippen molar-refractivity contribution in [2.45, 2.75) is 13.8 Å². The van der Waals surface area contributed by atoms with Crippen molar-refractivity contribution in [1.82, 2.24) is 16.2 Å². The van der Waals surface area contributed by atoms with Gasteiger partial charge in [0, 0.05) is 17.5 Å². The number of hydrazine groups is 1. The lowest BCUT2D eigenvalue weighted by Gasteiger charge is -2.11. The number of esters is 1. The minimum absolute atomic E-state index is 0.234. The molecule has 1 aromatic heterocycles. The zero-order chi connectivity index (χ0) is 22.2. The van der Waals surface area contributed by atoms with Gasteiger partial charge < -0.3 is 19.2 Å². The van der Waals surface area contributed by atoms with Crippen LogP contribution in [0.4, 0.5) is 0 Å². The molecule has 3 aromatic rings. The molecule has 9 heteroatoms. The van der Waals surface area contributed by atoms with E-state index >= 15 is 0 Å². The largest absolute Gasteiger partial charge is 0.484 e. The van der Waals surface area contributed by atoms with Crippen LogP contribution in [-0.2, 0) is 9.53 Å². The number of carbonyl (C=O) groups excluding carboxylic acids is 2. The normalized spacial score (nSPS) is 10.4. The van der Waals surface area contributed by atoms with Gasteiger partial charge in [0.25, 0.3) is 5.91 Å². The number of ether oxygens (including phenoxy) is 2. The molecule has 3 rings (SSSR count). The predicted molar refractivity (Wildman–Crippen MR) is 121 cm³/mol. The molecular weight excluding hydrogens is 418 g/mol. The second kappa shape index (κ2) is 10.4. The lowest BCUT2D eigenvalue weighted by atomic mass is 10.1. The Kier molecular flexibility index (Phi) is 7.45. The summed E-state index contributed by atoms with van der Waals surface area (Å²) in [4.78, 5) is 24.6. The highest BCUT2D eigenvalue weighted by atomic mass is 32.1. The zero-order valence-electron chi connectivity index (χ0n) is 17.2. The van der Waals surface area contributed by atoms with Gasteiger partial charge in [-0.1, -0.05) is 30.3 Å². The number of carbonyl (C=O) groups is 2. The maximum Gasteiger partial charge on any atom is 0.342 e. The Morgan fingerprint density at radius 3 is 2.55 bits per heavy atom. The van der Waals surface area contributed by atoms with Crippen molar-refractivity contribution < 1.29 is 23.5 Å². The second-order valence-corrected chi connectivity index (χ2v) is 6.78. The van der Waals surface area contributed by atoms with Crippen molar-refractivity contribution in [2.75, 3.05) is 19.8 Å². The molecule has 0 bridgehead atoms. The summed E-state index contributed by atoms with van der Waals surface area (Å²) in [7, 11) is 0. The Bertz CT molecular complexity index is 1080. The van der Waals surface area contributed by atoms with Gasteiger partial charge in [0.15, 0.2) is 11.7 Å². The molecule has 0 aliphatic carbocycles. The zero-order valence-corrected chi connectivity index (χ0v) is 18.0. The smallest absolute Gasteiger partial charge is 0.342 e. The van der Waals surface area contributed by atoms with Crippen molar-refractivity contribution in [3.63, 3.8) is 0 Å². The van der Waals surface area contributed by atoms with Crippen LogP contribution in [0.3, 0.4) is 0 Å². The Morgan fingerprint density at radius 2 is 1.84 bits per heavy atom. The monoisotopic (exact) mass is 441 g/mol. The highest BCUT2D eigenvalue weighted by molar-refractivity contribution is 7.80.